The number of aryl methyl sites for hydroxylation is 2. The number of nitrogens with two attached hydrogens (primary N) is 1. The van der Waals surface area contributed by atoms with Gasteiger partial charge in [-0.1, -0.05) is 12.1 Å². The fourth-order valence-electron chi connectivity index (χ4n) is 1.55. The molecule has 0 amide bonds. The van der Waals surface area contributed by atoms with Crippen LogP contribution < -0.4 is 5.73 Å². The summed E-state index contributed by atoms with van der Waals surface area (Å²) in [5, 5.41) is 7.94. The molecule has 2 heterocycles. The monoisotopic (exact) mass is 217 g/mol. The van der Waals surface area contributed by atoms with Crippen molar-refractivity contribution in [2.45, 2.75) is 26.8 Å². The molecule has 84 valence electrons. The first-order valence-electron chi connectivity index (χ1n) is 5.34. The smallest absolute Gasteiger partial charge is 0.107 e. The minimum Gasteiger partial charge on any atom is -0.397 e. The summed E-state index contributed by atoms with van der Waals surface area (Å²) in [4.78, 5) is 4.43. The van der Waals surface area contributed by atoms with Crippen molar-refractivity contribution in [3.63, 3.8) is 0 Å². The molecule has 0 atom stereocenters. The molecule has 5 nitrogen and oxygen atoms in total. The largest absolute Gasteiger partial charge is 0.397 e. The first-order valence-corrected chi connectivity index (χ1v) is 5.34. The quantitative estimate of drug-likeness (QED) is 0.848. The van der Waals surface area contributed by atoms with Crippen molar-refractivity contribution in [1.82, 2.24) is 20.0 Å². The number of nitrogens with zero attached hydrogens (tertiary/aromatic N) is 4. The molecule has 2 N–H and O–H groups in total. The van der Waals surface area contributed by atoms with Crippen LogP contribution in [0.3, 0.4) is 0 Å². The second-order valence-corrected chi connectivity index (χ2v) is 3.71. The zero-order valence-corrected chi connectivity index (χ0v) is 9.51. The number of pyridine rings is 1. The predicted molar refractivity (Wildman–Crippen MR) is 62.7 cm³/mol. The third-order valence-corrected chi connectivity index (χ3v) is 2.44. The van der Waals surface area contributed by atoms with E-state index < -0.39 is 0 Å². The van der Waals surface area contributed by atoms with Gasteiger partial charge in [0.2, 0.25) is 0 Å². The average molecular weight is 217 g/mol. The molecule has 0 saturated heterocycles. The number of hydrogen-bond acceptors (Lipinski definition) is 4. The van der Waals surface area contributed by atoms with Crippen molar-refractivity contribution < 1.29 is 0 Å². The summed E-state index contributed by atoms with van der Waals surface area (Å²) in [6.07, 6.45) is 2.75. The van der Waals surface area contributed by atoms with Crippen LogP contribution in [0.1, 0.15) is 19.0 Å². The number of aromatic nitrogens is 4. The lowest BCUT2D eigenvalue weighted by Gasteiger charge is -2.05. The lowest BCUT2D eigenvalue weighted by Crippen LogP contribution is -2.03. The SMILES string of the molecule is CCCn1nncc1-c1ccc(N)c(C)n1. The molecular formula is C11H15N5. The van der Waals surface area contributed by atoms with Crippen molar-refractivity contribution >= 4 is 5.69 Å². The Balaban J connectivity index is 2.42. The van der Waals surface area contributed by atoms with Gasteiger partial charge in [0.05, 0.1) is 23.3 Å². The van der Waals surface area contributed by atoms with Gasteiger partial charge in [-0.2, -0.15) is 0 Å². The Kier molecular flexibility index (Phi) is 2.85. The number of hydrogen-bond donors (Lipinski definition) is 1. The van der Waals surface area contributed by atoms with Crippen LogP contribution in [0.4, 0.5) is 5.69 Å². The second kappa shape index (κ2) is 4.30. The van der Waals surface area contributed by atoms with Crippen molar-refractivity contribution in [2.24, 2.45) is 0 Å². The maximum absolute atomic E-state index is 5.74. The third-order valence-electron chi connectivity index (χ3n) is 2.44. The van der Waals surface area contributed by atoms with Gasteiger partial charge in [0.1, 0.15) is 5.69 Å². The zero-order chi connectivity index (χ0) is 11.5. The fourth-order valence-corrected chi connectivity index (χ4v) is 1.55. The molecule has 2 aromatic rings. The molecule has 0 unspecified atom stereocenters. The molecule has 0 radical (unpaired) electrons. The van der Waals surface area contributed by atoms with Gasteiger partial charge in [0, 0.05) is 6.54 Å². The number of nitrogen functional groups attached to an aromatic ring is 1. The van der Waals surface area contributed by atoms with Crippen molar-refractivity contribution in [1.29, 1.82) is 0 Å². The van der Waals surface area contributed by atoms with E-state index in [1.165, 1.54) is 0 Å². The average Bonchev–Trinajstić information content (AvgIpc) is 2.71. The van der Waals surface area contributed by atoms with Crippen LogP contribution in [0.2, 0.25) is 0 Å². The van der Waals surface area contributed by atoms with Crippen LogP contribution in [0.15, 0.2) is 18.3 Å². The minimum atomic E-state index is 0.707. The first-order chi connectivity index (χ1) is 7.72. The summed E-state index contributed by atoms with van der Waals surface area (Å²) < 4.78 is 1.86. The lowest BCUT2D eigenvalue weighted by atomic mass is 10.2. The van der Waals surface area contributed by atoms with E-state index in [-0.39, 0.29) is 0 Å². The summed E-state index contributed by atoms with van der Waals surface area (Å²) >= 11 is 0. The van der Waals surface area contributed by atoms with Gasteiger partial charge in [0.15, 0.2) is 0 Å². The fraction of sp³-hybridized carbons (Fsp3) is 0.364. The maximum atomic E-state index is 5.74. The van der Waals surface area contributed by atoms with Gasteiger partial charge < -0.3 is 5.73 Å². The molecular weight excluding hydrogens is 202 g/mol. The molecule has 0 aromatic carbocycles. The molecule has 5 heteroatoms. The second-order valence-electron chi connectivity index (χ2n) is 3.71. The van der Waals surface area contributed by atoms with Crippen LogP contribution in [0, 0.1) is 6.92 Å². The van der Waals surface area contributed by atoms with E-state index in [1.807, 2.05) is 23.7 Å². The van der Waals surface area contributed by atoms with E-state index in [2.05, 4.69) is 22.2 Å². The Morgan fingerprint density at radius 3 is 2.88 bits per heavy atom. The maximum Gasteiger partial charge on any atom is 0.107 e. The van der Waals surface area contributed by atoms with Crippen molar-refractivity contribution in [2.75, 3.05) is 5.73 Å². The van der Waals surface area contributed by atoms with E-state index >= 15 is 0 Å². The van der Waals surface area contributed by atoms with Gasteiger partial charge in [-0.15, -0.1) is 5.10 Å². The Bertz CT molecular complexity index is 489. The molecule has 0 bridgehead atoms. The van der Waals surface area contributed by atoms with E-state index in [4.69, 9.17) is 5.73 Å². The van der Waals surface area contributed by atoms with E-state index in [0.29, 0.717) is 5.69 Å². The highest BCUT2D eigenvalue weighted by atomic mass is 15.4. The van der Waals surface area contributed by atoms with Gasteiger partial charge in [-0.05, 0) is 25.5 Å². The van der Waals surface area contributed by atoms with Gasteiger partial charge in [-0.25, -0.2) is 9.67 Å². The minimum absolute atomic E-state index is 0.707. The van der Waals surface area contributed by atoms with Crippen molar-refractivity contribution in [3.05, 3.63) is 24.0 Å². The van der Waals surface area contributed by atoms with Gasteiger partial charge >= 0.3 is 0 Å². The predicted octanol–water partition coefficient (Wildman–Crippen LogP) is 1.64. The van der Waals surface area contributed by atoms with Crippen LogP contribution >= 0.6 is 0 Å². The molecule has 16 heavy (non-hydrogen) atoms. The van der Waals surface area contributed by atoms with Crippen LogP contribution in [0.5, 0.6) is 0 Å². The van der Waals surface area contributed by atoms with Crippen LogP contribution in [0.25, 0.3) is 11.4 Å². The van der Waals surface area contributed by atoms with E-state index in [1.54, 1.807) is 6.20 Å². The van der Waals surface area contributed by atoms with Crippen molar-refractivity contribution in [3.8, 4) is 11.4 Å². The Morgan fingerprint density at radius 2 is 2.19 bits per heavy atom. The van der Waals surface area contributed by atoms with Crippen LogP contribution in [-0.2, 0) is 6.54 Å². The summed E-state index contributed by atoms with van der Waals surface area (Å²) in [6, 6.07) is 3.76. The summed E-state index contributed by atoms with van der Waals surface area (Å²) in [5.74, 6) is 0. The number of anilines is 1. The molecule has 0 fully saturated rings. The topological polar surface area (TPSA) is 69.6 Å². The normalized spacial score (nSPS) is 10.6. The molecule has 2 rings (SSSR count). The molecule has 0 aliphatic carbocycles. The highest BCUT2D eigenvalue weighted by Crippen LogP contribution is 2.18. The molecule has 0 aliphatic heterocycles. The molecule has 0 spiro atoms. The summed E-state index contributed by atoms with van der Waals surface area (Å²) in [5.41, 5.74) is 9.08. The standard InChI is InChI=1S/C11H15N5/c1-3-6-16-11(7-13-15-16)10-5-4-9(12)8(2)14-10/h4-5,7H,3,6,12H2,1-2H3. The summed E-state index contributed by atoms with van der Waals surface area (Å²) in [6.45, 7) is 4.85. The van der Waals surface area contributed by atoms with Gasteiger partial charge in [0.25, 0.3) is 0 Å². The van der Waals surface area contributed by atoms with Crippen LogP contribution in [-0.4, -0.2) is 20.0 Å². The highest BCUT2D eigenvalue weighted by Gasteiger charge is 2.08. The van der Waals surface area contributed by atoms with Gasteiger partial charge in [-0.3, -0.25) is 0 Å². The van der Waals surface area contributed by atoms with E-state index in [9.17, 15) is 0 Å². The zero-order valence-electron chi connectivity index (χ0n) is 9.51. The summed E-state index contributed by atoms with van der Waals surface area (Å²) in [7, 11) is 0. The molecule has 0 aliphatic rings. The molecule has 0 saturated carbocycles. The number of rotatable bonds is 3. The molecule has 2 aromatic heterocycles. The first kappa shape index (κ1) is 10.6. The Morgan fingerprint density at radius 1 is 1.38 bits per heavy atom. The van der Waals surface area contributed by atoms with E-state index in [0.717, 1.165) is 30.0 Å². The lowest BCUT2D eigenvalue weighted by molar-refractivity contribution is 0.583. The Hall–Kier alpha value is -1.91. The Labute approximate surface area is 94.3 Å². The third kappa shape index (κ3) is 1.88. The highest BCUT2D eigenvalue weighted by molar-refractivity contribution is 5.57.